The van der Waals surface area contributed by atoms with Gasteiger partial charge in [-0.1, -0.05) is 75.0 Å². The van der Waals surface area contributed by atoms with Crippen LogP contribution in [-0.4, -0.2) is 71.2 Å². The summed E-state index contributed by atoms with van der Waals surface area (Å²) in [6.45, 7) is 9.57. The summed E-state index contributed by atoms with van der Waals surface area (Å²) >= 11 is 6.23. The van der Waals surface area contributed by atoms with Gasteiger partial charge < -0.3 is 25.1 Å². The van der Waals surface area contributed by atoms with E-state index in [9.17, 15) is 19.2 Å². The Bertz CT molecular complexity index is 1380. The first kappa shape index (κ1) is 33.0. The van der Waals surface area contributed by atoms with Gasteiger partial charge in [-0.2, -0.15) is 0 Å². The van der Waals surface area contributed by atoms with E-state index in [1.54, 1.807) is 18.2 Å². The van der Waals surface area contributed by atoms with Crippen LogP contribution in [0.15, 0.2) is 42.1 Å². The first-order valence-corrected chi connectivity index (χ1v) is 16.3. The average molecular weight is 641 g/mol. The Hall–Kier alpha value is -3.40. The number of carbonyl (C=O) groups is 4. The molecule has 0 unspecified atom stereocenters. The van der Waals surface area contributed by atoms with Crippen LogP contribution in [0.25, 0.3) is 0 Å². The largest absolute Gasteiger partial charge is 0.467 e. The molecule has 2 heterocycles. The molecule has 1 spiro atoms. The Balaban J connectivity index is 1.40. The van der Waals surface area contributed by atoms with E-state index in [0.29, 0.717) is 35.9 Å². The lowest BCUT2D eigenvalue weighted by molar-refractivity contribution is -0.149. The predicted molar refractivity (Wildman–Crippen MR) is 170 cm³/mol. The van der Waals surface area contributed by atoms with Crippen LogP contribution in [-0.2, 0) is 28.8 Å². The number of nitrogens with zero attached hydrogens (tertiary/aromatic N) is 2. The smallest absolute Gasteiger partial charge is 0.332 e. The van der Waals surface area contributed by atoms with E-state index in [1.165, 1.54) is 18.4 Å². The van der Waals surface area contributed by atoms with Gasteiger partial charge in [0.05, 0.1) is 19.4 Å². The molecule has 3 fully saturated rings. The molecule has 11 heteroatoms. The van der Waals surface area contributed by atoms with Crippen LogP contribution in [0.1, 0.15) is 84.1 Å². The Morgan fingerprint density at radius 2 is 1.93 bits per heavy atom. The van der Waals surface area contributed by atoms with Gasteiger partial charge >= 0.3 is 5.97 Å². The molecule has 2 saturated carbocycles. The predicted octanol–water partition coefficient (Wildman–Crippen LogP) is 4.54. The van der Waals surface area contributed by atoms with Crippen molar-refractivity contribution >= 4 is 41.0 Å². The van der Waals surface area contributed by atoms with Crippen molar-refractivity contribution in [3.63, 3.8) is 0 Å². The third-order valence-electron chi connectivity index (χ3n) is 9.80. The van der Waals surface area contributed by atoms with Crippen molar-refractivity contribution in [2.24, 2.45) is 22.4 Å². The maximum Gasteiger partial charge on any atom is 0.332 e. The Kier molecular flexibility index (Phi) is 9.36. The molecule has 3 amide bonds. The Morgan fingerprint density at radius 1 is 1.20 bits per heavy atom. The number of oxime groups is 1. The summed E-state index contributed by atoms with van der Waals surface area (Å²) < 4.78 is 5.02. The number of halogens is 1. The van der Waals surface area contributed by atoms with Crippen LogP contribution in [0.4, 0.5) is 0 Å². The molecule has 5 rings (SSSR count). The van der Waals surface area contributed by atoms with Gasteiger partial charge in [-0.15, -0.1) is 6.58 Å². The molecule has 45 heavy (non-hydrogen) atoms. The van der Waals surface area contributed by atoms with E-state index >= 15 is 0 Å². The number of esters is 1. The van der Waals surface area contributed by atoms with Crippen molar-refractivity contribution in [1.29, 1.82) is 0 Å². The molecule has 2 aliphatic heterocycles. The van der Waals surface area contributed by atoms with Gasteiger partial charge in [0.15, 0.2) is 5.60 Å². The highest BCUT2D eigenvalue weighted by Gasteiger charge is 2.63. The van der Waals surface area contributed by atoms with Crippen LogP contribution in [0.2, 0.25) is 5.02 Å². The number of hydrogen-bond donors (Lipinski definition) is 2. The number of hydrogen-bond acceptors (Lipinski definition) is 7. The van der Waals surface area contributed by atoms with Crippen molar-refractivity contribution in [1.82, 2.24) is 15.5 Å². The minimum Gasteiger partial charge on any atom is -0.467 e. The number of rotatable bonds is 9. The third kappa shape index (κ3) is 6.90. The first-order valence-electron chi connectivity index (χ1n) is 15.9. The summed E-state index contributed by atoms with van der Waals surface area (Å²) in [5, 5.41) is 10.9. The van der Waals surface area contributed by atoms with E-state index in [0.717, 1.165) is 31.2 Å². The van der Waals surface area contributed by atoms with Crippen molar-refractivity contribution in [2.45, 2.75) is 102 Å². The molecule has 2 N–H and O–H groups in total. The van der Waals surface area contributed by atoms with Gasteiger partial charge in [-0.05, 0) is 42.7 Å². The molecule has 0 bridgehead atoms. The molecule has 2 aliphatic carbocycles. The fourth-order valence-corrected chi connectivity index (χ4v) is 7.32. The zero-order valence-electron chi connectivity index (χ0n) is 26.7. The quantitative estimate of drug-likeness (QED) is 0.302. The van der Waals surface area contributed by atoms with E-state index in [4.69, 9.17) is 21.2 Å². The zero-order valence-corrected chi connectivity index (χ0v) is 27.5. The van der Waals surface area contributed by atoms with Gasteiger partial charge in [-0.25, -0.2) is 4.79 Å². The third-order valence-corrected chi connectivity index (χ3v) is 10.0. The topological polar surface area (TPSA) is 126 Å². The molecule has 1 aromatic rings. The molecule has 5 atom stereocenters. The number of likely N-dealkylation sites (tertiary alicyclic amines) is 1. The number of ether oxygens (including phenoxy) is 1. The van der Waals surface area contributed by atoms with Gasteiger partial charge in [0.1, 0.15) is 17.6 Å². The van der Waals surface area contributed by atoms with Crippen LogP contribution in [0.5, 0.6) is 0 Å². The van der Waals surface area contributed by atoms with Crippen LogP contribution < -0.4 is 10.6 Å². The fourth-order valence-electron chi connectivity index (χ4n) is 7.13. The fraction of sp³-hybridized carbons (Fsp3) is 0.618. The summed E-state index contributed by atoms with van der Waals surface area (Å²) in [5.41, 5.74) is -1.38. The lowest BCUT2D eigenvalue weighted by Gasteiger charge is -2.36. The molecular weight excluding hydrogens is 596 g/mol. The minimum absolute atomic E-state index is 0.0820. The van der Waals surface area contributed by atoms with Crippen molar-refractivity contribution in [3.8, 4) is 0 Å². The standard InChI is InChI=1S/C34H45ClN4O6/c1-6-23-17-34(23,31(43)44-5)37-29(41)26-19-33(18-25(38-45-33)22-13-10-14-24(35)16-22)20-39(26)30(42)28(32(2,3)4)36-27(40)15-21-11-8-7-9-12-21/h6,10,13-14,16,21,23,26,28H,1,7-9,11-12,15,17-20H2,2-5H3,(H,36,40)(H,37,41)/t23-,26+,28-,33-,34-/m1/s1. The molecular formula is C34H45ClN4O6. The normalized spacial score (nSPS) is 28.6. The first-order chi connectivity index (χ1) is 21.3. The maximum atomic E-state index is 14.5. The van der Waals surface area contributed by atoms with Gasteiger partial charge in [0.2, 0.25) is 17.7 Å². The molecule has 244 valence electrons. The second kappa shape index (κ2) is 12.8. The molecule has 10 nitrogen and oxygen atoms in total. The minimum atomic E-state index is -1.23. The number of benzene rings is 1. The molecule has 1 saturated heterocycles. The highest BCUT2D eigenvalue weighted by atomic mass is 35.5. The van der Waals surface area contributed by atoms with E-state index in [-0.39, 0.29) is 30.7 Å². The lowest BCUT2D eigenvalue weighted by Crippen LogP contribution is -2.59. The summed E-state index contributed by atoms with van der Waals surface area (Å²) in [5.74, 6) is -1.56. The molecule has 0 radical (unpaired) electrons. The lowest BCUT2D eigenvalue weighted by atomic mass is 9.84. The van der Waals surface area contributed by atoms with E-state index < -0.39 is 40.5 Å². The van der Waals surface area contributed by atoms with Crippen LogP contribution >= 0.6 is 11.6 Å². The summed E-state index contributed by atoms with van der Waals surface area (Å²) in [6.07, 6.45) is 8.32. The number of methoxy groups -OCH3 is 1. The second-order valence-corrected chi connectivity index (χ2v) is 14.7. The Morgan fingerprint density at radius 3 is 2.56 bits per heavy atom. The Labute approximate surface area is 270 Å². The van der Waals surface area contributed by atoms with Crippen LogP contribution in [0, 0.1) is 17.3 Å². The average Bonchev–Trinajstić information content (AvgIpc) is 3.36. The summed E-state index contributed by atoms with van der Waals surface area (Å²) in [7, 11) is 1.28. The summed E-state index contributed by atoms with van der Waals surface area (Å²) in [4.78, 5) is 62.1. The maximum absolute atomic E-state index is 14.5. The van der Waals surface area contributed by atoms with Gasteiger partial charge in [-0.3, -0.25) is 14.4 Å². The highest BCUT2D eigenvalue weighted by molar-refractivity contribution is 6.31. The zero-order chi connectivity index (χ0) is 32.6. The van der Waals surface area contributed by atoms with Crippen molar-refractivity contribution < 1.29 is 28.8 Å². The second-order valence-electron chi connectivity index (χ2n) is 14.3. The molecule has 0 aromatic heterocycles. The molecule has 4 aliphatic rings. The van der Waals surface area contributed by atoms with Crippen molar-refractivity contribution in [2.75, 3.05) is 13.7 Å². The van der Waals surface area contributed by atoms with E-state index in [2.05, 4.69) is 22.4 Å². The highest BCUT2D eigenvalue weighted by Crippen LogP contribution is 2.46. The van der Waals surface area contributed by atoms with Gasteiger partial charge in [0, 0.05) is 35.8 Å². The SMILES string of the molecule is C=C[C@@H]1C[C@]1(NC(=O)[C@@H]1C[C@]2(CC(c3cccc(Cl)c3)=NO2)CN1C(=O)[C@@H](NC(=O)CC1CCCCC1)C(C)(C)C)C(=O)OC. The number of nitrogens with one attached hydrogen (secondary N) is 2. The summed E-state index contributed by atoms with van der Waals surface area (Å²) in [6, 6.07) is 5.42. The van der Waals surface area contributed by atoms with E-state index in [1.807, 2.05) is 32.9 Å². The number of amides is 3. The number of carbonyl (C=O) groups excluding carboxylic acids is 4. The van der Waals surface area contributed by atoms with Crippen LogP contribution in [0.3, 0.4) is 0 Å². The monoisotopic (exact) mass is 640 g/mol. The molecule has 1 aromatic carbocycles. The van der Waals surface area contributed by atoms with Crippen molar-refractivity contribution in [3.05, 3.63) is 47.5 Å². The van der Waals surface area contributed by atoms with Gasteiger partial charge in [0.25, 0.3) is 0 Å².